The van der Waals surface area contributed by atoms with E-state index in [1.165, 1.54) is 10.6 Å². The van der Waals surface area contributed by atoms with Crippen LogP contribution in [0, 0.1) is 6.92 Å². The predicted molar refractivity (Wildman–Crippen MR) is 129 cm³/mol. The zero-order chi connectivity index (χ0) is 25.9. The normalized spacial score (nSPS) is 17.0. The summed E-state index contributed by atoms with van der Waals surface area (Å²) in [6, 6.07) is 6.25. The highest BCUT2D eigenvalue weighted by atomic mass is 19.4. The Balaban J connectivity index is 1.55. The fourth-order valence-corrected chi connectivity index (χ4v) is 5.17. The van der Waals surface area contributed by atoms with Crippen molar-refractivity contribution in [2.75, 3.05) is 0 Å². The maximum absolute atomic E-state index is 13.6. The minimum Gasteiger partial charge on any atom is -0.347 e. The van der Waals surface area contributed by atoms with Gasteiger partial charge in [0.05, 0.1) is 23.6 Å². The van der Waals surface area contributed by atoms with Crippen molar-refractivity contribution in [3.05, 3.63) is 81.9 Å². The summed E-state index contributed by atoms with van der Waals surface area (Å²) in [5.74, 6) is -0.295. The Morgan fingerprint density at radius 2 is 1.89 bits per heavy atom. The average Bonchev–Trinajstić information content (AvgIpc) is 3.42. The molecule has 188 valence electrons. The van der Waals surface area contributed by atoms with Gasteiger partial charge < -0.3 is 18.6 Å². The first-order valence-electron chi connectivity index (χ1n) is 11.8. The quantitative estimate of drug-likeness (QED) is 0.401. The lowest BCUT2D eigenvalue weighted by molar-refractivity contribution is -0.137. The highest BCUT2D eigenvalue weighted by molar-refractivity contribution is 5.94. The van der Waals surface area contributed by atoms with Crippen molar-refractivity contribution < 1.29 is 18.0 Å². The Morgan fingerprint density at radius 1 is 1.14 bits per heavy atom. The van der Waals surface area contributed by atoms with Gasteiger partial charge in [-0.2, -0.15) is 13.2 Å². The van der Waals surface area contributed by atoms with Gasteiger partial charge >= 0.3 is 6.18 Å². The largest absolute Gasteiger partial charge is 0.416 e. The van der Waals surface area contributed by atoms with E-state index >= 15 is 0 Å². The molecule has 2 atom stereocenters. The van der Waals surface area contributed by atoms with E-state index in [1.54, 1.807) is 38.7 Å². The lowest BCUT2D eigenvalue weighted by Gasteiger charge is -2.39. The first-order chi connectivity index (χ1) is 17.0. The van der Waals surface area contributed by atoms with E-state index in [2.05, 4.69) is 4.98 Å². The van der Waals surface area contributed by atoms with Crippen LogP contribution in [0.2, 0.25) is 0 Å². The number of aryl methyl sites for hydroxylation is 2. The number of hydrogen-bond donors (Lipinski definition) is 0. The summed E-state index contributed by atoms with van der Waals surface area (Å²) < 4.78 is 44.9. The molecule has 3 aromatic heterocycles. The van der Waals surface area contributed by atoms with Crippen molar-refractivity contribution in [3.8, 4) is 5.69 Å². The van der Waals surface area contributed by atoms with Gasteiger partial charge in [0, 0.05) is 42.4 Å². The number of halogens is 3. The van der Waals surface area contributed by atoms with Gasteiger partial charge in [-0.25, -0.2) is 4.98 Å². The molecule has 0 saturated heterocycles. The highest BCUT2D eigenvalue weighted by Gasteiger charge is 2.36. The zero-order valence-electron chi connectivity index (χ0n) is 20.4. The minimum atomic E-state index is -4.44. The van der Waals surface area contributed by atoms with E-state index in [0.717, 1.165) is 23.4 Å². The number of rotatable bonds is 4. The summed E-state index contributed by atoms with van der Waals surface area (Å²) in [6.45, 7) is 8.23. The predicted octanol–water partition coefficient (Wildman–Crippen LogP) is 4.94. The van der Waals surface area contributed by atoms with E-state index < -0.39 is 17.8 Å². The fraction of sp³-hybridized carbons (Fsp3) is 0.346. The number of nitrogens with zero attached hydrogens (tertiary/aromatic N) is 5. The summed E-state index contributed by atoms with van der Waals surface area (Å²) in [5.41, 5.74) is 1.72. The lowest BCUT2D eigenvalue weighted by atomic mass is 10.0. The van der Waals surface area contributed by atoms with Gasteiger partial charge in [0.2, 0.25) is 0 Å². The molecule has 0 N–H and O–H groups in total. The number of alkyl halides is 3. The van der Waals surface area contributed by atoms with Crippen molar-refractivity contribution in [2.45, 2.75) is 59.0 Å². The molecule has 0 bridgehead atoms. The van der Waals surface area contributed by atoms with Crippen molar-refractivity contribution >= 4 is 16.8 Å². The third-order valence-corrected chi connectivity index (χ3v) is 6.97. The number of benzene rings is 1. The van der Waals surface area contributed by atoms with E-state index in [1.807, 2.05) is 33.9 Å². The van der Waals surface area contributed by atoms with Crippen LogP contribution >= 0.6 is 0 Å². The van der Waals surface area contributed by atoms with Gasteiger partial charge in [-0.1, -0.05) is 6.07 Å². The Bertz CT molecular complexity index is 1550. The molecule has 0 fully saturated rings. The van der Waals surface area contributed by atoms with Gasteiger partial charge in [0.1, 0.15) is 11.4 Å². The monoisotopic (exact) mass is 497 g/mol. The van der Waals surface area contributed by atoms with Crippen LogP contribution in [-0.2, 0) is 19.3 Å². The lowest BCUT2D eigenvalue weighted by Crippen LogP contribution is -2.50. The molecule has 10 heteroatoms. The summed E-state index contributed by atoms with van der Waals surface area (Å²) in [6.07, 6.45) is 0.696. The summed E-state index contributed by atoms with van der Waals surface area (Å²) >= 11 is 0. The molecule has 1 aliphatic rings. The van der Waals surface area contributed by atoms with Gasteiger partial charge in [-0.15, -0.1) is 0 Å². The van der Waals surface area contributed by atoms with Gasteiger partial charge in [-0.3, -0.25) is 9.59 Å². The molecule has 5 rings (SSSR count). The van der Waals surface area contributed by atoms with E-state index in [0.29, 0.717) is 29.7 Å². The zero-order valence-corrected chi connectivity index (χ0v) is 20.4. The van der Waals surface area contributed by atoms with Crippen molar-refractivity contribution in [2.24, 2.45) is 0 Å². The van der Waals surface area contributed by atoms with Crippen LogP contribution in [0.4, 0.5) is 13.2 Å². The van der Waals surface area contributed by atoms with Crippen molar-refractivity contribution in [1.29, 1.82) is 0 Å². The highest BCUT2D eigenvalue weighted by Crippen LogP contribution is 2.37. The third kappa shape index (κ3) is 3.71. The number of pyridine rings is 1. The SMILES string of the molecule is CCn1cc(C(C)N2C(=O)c3ccc(-n4cnc(C)c4)c(=O)n3C[C@@H]2C)c2ccc(C(F)(F)F)cc21. The smallest absolute Gasteiger partial charge is 0.347 e. The number of carbonyl (C=O) groups excluding carboxylic acids is 1. The number of carbonyl (C=O) groups is 1. The number of imidazole rings is 1. The maximum atomic E-state index is 13.6. The Hall–Kier alpha value is -3.82. The second kappa shape index (κ2) is 8.39. The number of fused-ring (bicyclic) bond motifs is 2. The molecule has 1 amide bonds. The summed E-state index contributed by atoms with van der Waals surface area (Å²) in [7, 11) is 0. The second-order valence-electron chi connectivity index (χ2n) is 9.28. The van der Waals surface area contributed by atoms with Crippen molar-refractivity contribution in [1.82, 2.24) is 23.6 Å². The van der Waals surface area contributed by atoms with Crippen LogP contribution in [0.1, 0.15) is 54.1 Å². The fourth-order valence-electron chi connectivity index (χ4n) is 5.17. The van der Waals surface area contributed by atoms with Crippen LogP contribution in [0.5, 0.6) is 0 Å². The second-order valence-corrected chi connectivity index (χ2v) is 9.28. The molecular formula is C26H26F3N5O2. The molecule has 4 aromatic rings. The van der Waals surface area contributed by atoms with Crippen molar-refractivity contribution in [3.63, 3.8) is 0 Å². The van der Waals surface area contributed by atoms with Crippen LogP contribution in [0.25, 0.3) is 16.6 Å². The molecule has 1 unspecified atom stereocenters. The first-order valence-corrected chi connectivity index (χ1v) is 11.8. The van der Waals surface area contributed by atoms with Gasteiger partial charge in [-0.05, 0) is 57.5 Å². The number of aromatic nitrogens is 4. The minimum absolute atomic E-state index is 0.278. The molecule has 36 heavy (non-hydrogen) atoms. The standard InChI is InChI=1S/C26H26F3N5O2/c1-5-31-13-20(19-7-6-18(10-23(19)31)26(27,28)29)17(4)34-16(3)12-33-22(25(34)36)9-8-21(24(33)35)32-11-15(2)30-14-32/h6-11,13-14,16-17H,5,12H2,1-4H3/t16-,17?/m0/s1. The topological polar surface area (TPSA) is 65.1 Å². The van der Waals surface area contributed by atoms with Crippen LogP contribution in [0.3, 0.4) is 0 Å². The molecule has 4 heterocycles. The average molecular weight is 498 g/mol. The molecular weight excluding hydrogens is 471 g/mol. The molecule has 1 aliphatic heterocycles. The Morgan fingerprint density at radius 3 is 2.53 bits per heavy atom. The molecule has 0 spiro atoms. The summed E-state index contributed by atoms with van der Waals surface area (Å²) in [4.78, 5) is 32.8. The van der Waals surface area contributed by atoms with E-state index in [4.69, 9.17) is 0 Å². The third-order valence-electron chi connectivity index (χ3n) is 6.97. The van der Waals surface area contributed by atoms with E-state index in [-0.39, 0.29) is 23.2 Å². The number of hydrogen-bond acceptors (Lipinski definition) is 3. The van der Waals surface area contributed by atoms with Gasteiger partial charge in [0.25, 0.3) is 11.5 Å². The van der Waals surface area contributed by atoms with Gasteiger partial charge in [0.15, 0.2) is 0 Å². The van der Waals surface area contributed by atoms with Crippen LogP contribution < -0.4 is 5.56 Å². The molecule has 0 radical (unpaired) electrons. The van der Waals surface area contributed by atoms with Crippen LogP contribution in [-0.4, -0.2) is 35.5 Å². The number of amides is 1. The molecule has 0 saturated carbocycles. The summed E-state index contributed by atoms with van der Waals surface area (Å²) in [5, 5.41) is 0.672. The van der Waals surface area contributed by atoms with E-state index in [9.17, 15) is 22.8 Å². The Kier molecular flexibility index (Phi) is 5.57. The maximum Gasteiger partial charge on any atom is 0.416 e. The molecule has 7 nitrogen and oxygen atoms in total. The Labute approximate surface area is 205 Å². The molecule has 1 aromatic carbocycles. The first kappa shape index (κ1) is 23.9. The molecule has 0 aliphatic carbocycles. The van der Waals surface area contributed by atoms with Crippen LogP contribution in [0.15, 0.2) is 53.8 Å².